The lowest BCUT2D eigenvalue weighted by atomic mass is 9.53. The minimum absolute atomic E-state index is 0.0220. The second-order valence-corrected chi connectivity index (χ2v) is 9.16. The maximum absolute atomic E-state index is 12.5. The average Bonchev–Trinajstić information content (AvgIpc) is 3.05. The van der Waals surface area contributed by atoms with Gasteiger partial charge in [0.1, 0.15) is 0 Å². The predicted octanol–water partition coefficient (Wildman–Crippen LogP) is 3.42. The molecule has 138 valence electrons. The Morgan fingerprint density at radius 2 is 1.65 bits per heavy atom. The predicted molar refractivity (Wildman–Crippen MR) is 97.8 cm³/mol. The van der Waals surface area contributed by atoms with Crippen LogP contribution in [0.5, 0.6) is 0 Å². The fourth-order valence-corrected chi connectivity index (χ4v) is 6.51. The van der Waals surface area contributed by atoms with E-state index < -0.39 is 0 Å². The Hall–Kier alpha value is -1.84. The second kappa shape index (κ2) is 6.11. The molecule has 1 aromatic carbocycles. The number of aryl methyl sites for hydroxylation is 2. The minimum atomic E-state index is -0.389. The molecule has 0 heterocycles. The molecule has 1 amide bonds. The number of ether oxygens (including phenoxy) is 1. The minimum Gasteiger partial charge on any atom is -0.452 e. The molecular weight excluding hydrogens is 326 g/mol. The third kappa shape index (κ3) is 2.93. The van der Waals surface area contributed by atoms with Gasteiger partial charge in [0, 0.05) is 5.54 Å². The smallest absolute Gasteiger partial charge is 0.338 e. The molecule has 1 N–H and O–H groups in total. The van der Waals surface area contributed by atoms with Gasteiger partial charge in [-0.25, -0.2) is 4.79 Å². The monoisotopic (exact) mass is 353 g/mol. The number of hydrogen-bond donors (Lipinski definition) is 1. The topological polar surface area (TPSA) is 55.4 Å². The molecule has 26 heavy (non-hydrogen) atoms. The van der Waals surface area contributed by atoms with Gasteiger partial charge in [-0.1, -0.05) is 6.07 Å². The lowest BCUT2D eigenvalue weighted by molar-refractivity contribution is -0.130. The molecule has 4 saturated carbocycles. The zero-order valence-corrected chi connectivity index (χ0v) is 15.3. The van der Waals surface area contributed by atoms with Crippen LogP contribution in [0, 0.1) is 17.8 Å². The lowest BCUT2D eigenvalue weighted by Crippen LogP contribution is -2.60. The van der Waals surface area contributed by atoms with Gasteiger partial charge in [-0.05, 0) is 98.8 Å². The molecule has 4 bridgehead atoms. The molecule has 0 saturated heterocycles. The van der Waals surface area contributed by atoms with Crippen molar-refractivity contribution in [3.63, 3.8) is 0 Å². The van der Waals surface area contributed by atoms with Gasteiger partial charge in [-0.3, -0.25) is 4.79 Å². The molecule has 0 spiro atoms. The summed E-state index contributed by atoms with van der Waals surface area (Å²) in [7, 11) is 0. The van der Waals surface area contributed by atoms with Crippen LogP contribution in [0.2, 0.25) is 0 Å². The largest absolute Gasteiger partial charge is 0.452 e. The fraction of sp³-hybridized carbons (Fsp3) is 0.636. The van der Waals surface area contributed by atoms with Crippen molar-refractivity contribution in [2.45, 2.75) is 63.3 Å². The maximum Gasteiger partial charge on any atom is 0.338 e. The van der Waals surface area contributed by atoms with E-state index in [2.05, 4.69) is 5.32 Å². The van der Waals surface area contributed by atoms with Gasteiger partial charge in [0.15, 0.2) is 6.61 Å². The van der Waals surface area contributed by atoms with Crippen LogP contribution in [-0.4, -0.2) is 24.0 Å². The van der Waals surface area contributed by atoms with Crippen LogP contribution in [0.15, 0.2) is 18.2 Å². The van der Waals surface area contributed by atoms with Gasteiger partial charge in [0.2, 0.25) is 0 Å². The highest BCUT2D eigenvalue weighted by atomic mass is 16.5. The first-order valence-corrected chi connectivity index (χ1v) is 10.2. The summed E-state index contributed by atoms with van der Waals surface area (Å²) in [5.41, 5.74) is 3.12. The number of amides is 1. The standard InChI is InChI=1S/C22H27NO3/c24-20(23-22-10-14-6-15(11-22)8-16(7-14)12-22)13-26-21(25)19-5-4-17-2-1-3-18(17)9-19/h4-5,9,14-16H,1-3,6-8,10-13H2,(H,23,24). The molecule has 5 aliphatic rings. The van der Waals surface area contributed by atoms with Gasteiger partial charge in [0.25, 0.3) is 5.91 Å². The van der Waals surface area contributed by atoms with Gasteiger partial charge >= 0.3 is 5.97 Å². The van der Waals surface area contributed by atoms with E-state index in [1.807, 2.05) is 18.2 Å². The zero-order chi connectivity index (χ0) is 17.7. The van der Waals surface area contributed by atoms with Gasteiger partial charge in [-0.15, -0.1) is 0 Å². The quantitative estimate of drug-likeness (QED) is 0.844. The van der Waals surface area contributed by atoms with Crippen molar-refractivity contribution in [1.29, 1.82) is 0 Å². The van der Waals surface area contributed by atoms with Gasteiger partial charge in [-0.2, -0.15) is 0 Å². The summed E-state index contributed by atoms with van der Waals surface area (Å²) < 4.78 is 5.31. The summed E-state index contributed by atoms with van der Waals surface area (Å²) in [6.45, 7) is -0.169. The molecule has 4 nitrogen and oxygen atoms in total. The normalized spacial score (nSPS) is 33.8. The average molecular weight is 353 g/mol. The van der Waals surface area contributed by atoms with Crippen LogP contribution in [0.4, 0.5) is 0 Å². The summed E-state index contributed by atoms with van der Waals surface area (Å²) in [5, 5.41) is 3.26. The van der Waals surface area contributed by atoms with E-state index >= 15 is 0 Å². The Balaban J connectivity index is 1.18. The van der Waals surface area contributed by atoms with Gasteiger partial charge in [0.05, 0.1) is 5.56 Å². The van der Waals surface area contributed by atoms with Crippen molar-refractivity contribution in [1.82, 2.24) is 5.32 Å². The van der Waals surface area contributed by atoms with Gasteiger partial charge < -0.3 is 10.1 Å². The van der Waals surface area contributed by atoms with E-state index in [1.54, 1.807) is 0 Å². The number of fused-ring (bicyclic) bond motifs is 1. The molecule has 1 aromatic rings. The number of hydrogen-bond acceptors (Lipinski definition) is 3. The van der Waals surface area contributed by atoms with E-state index in [0.29, 0.717) is 5.56 Å². The Bertz CT molecular complexity index is 718. The van der Waals surface area contributed by atoms with E-state index in [9.17, 15) is 9.59 Å². The molecule has 4 heteroatoms. The summed E-state index contributed by atoms with van der Waals surface area (Å²) >= 11 is 0. The number of carbonyl (C=O) groups is 2. The number of rotatable bonds is 4. The van der Waals surface area contributed by atoms with E-state index in [1.165, 1.54) is 30.4 Å². The number of carbonyl (C=O) groups excluding carboxylic acids is 2. The molecule has 5 aliphatic carbocycles. The Kier molecular flexibility index (Phi) is 3.84. The highest BCUT2D eigenvalue weighted by Crippen LogP contribution is 2.55. The van der Waals surface area contributed by atoms with Crippen LogP contribution >= 0.6 is 0 Å². The van der Waals surface area contributed by atoms with Crippen LogP contribution in [0.25, 0.3) is 0 Å². The summed E-state index contributed by atoms with van der Waals surface area (Å²) in [5.74, 6) is 1.84. The van der Waals surface area contributed by atoms with Crippen LogP contribution in [0.1, 0.15) is 66.4 Å². The molecule has 0 atom stereocenters. The highest BCUT2D eigenvalue weighted by molar-refractivity contribution is 5.91. The number of benzene rings is 1. The fourth-order valence-electron chi connectivity index (χ4n) is 6.51. The van der Waals surface area contributed by atoms with E-state index in [-0.39, 0.29) is 24.0 Å². The highest BCUT2D eigenvalue weighted by Gasteiger charge is 2.51. The molecule has 0 radical (unpaired) electrons. The number of esters is 1. The second-order valence-electron chi connectivity index (χ2n) is 9.16. The van der Waals surface area contributed by atoms with Crippen molar-refractivity contribution in [2.24, 2.45) is 17.8 Å². The molecule has 0 aliphatic heterocycles. The van der Waals surface area contributed by atoms with Crippen molar-refractivity contribution < 1.29 is 14.3 Å². The molecule has 0 unspecified atom stereocenters. The van der Waals surface area contributed by atoms with Crippen LogP contribution < -0.4 is 5.32 Å². The summed E-state index contributed by atoms with van der Waals surface area (Å²) in [4.78, 5) is 24.8. The number of nitrogens with one attached hydrogen (secondary N) is 1. The molecular formula is C22H27NO3. The summed E-state index contributed by atoms with van der Waals surface area (Å²) in [6.07, 6.45) is 10.7. The Labute approximate surface area is 154 Å². The Morgan fingerprint density at radius 1 is 1.00 bits per heavy atom. The molecule has 0 aromatic heterocycles. The third-order valence-corrected chi connectivity index (χ3v) is 7.11. The molecule has 4 fully saturated rings. The van der Waals surface area contributed by atoms with Crippen molar-refractivity contribution in [3.05, 3.63) is 34.9 Å². The van der Waals surface area contributed by atoms with Crippen molar-refractivity contribution in [3.8, 4) is 0 Å². The third-order valence-electron chi connectivity index (χ3n) is 7.11. The molecule has 6 rings (SSSR count). The van der Waals surface area contributed by atoms with Crippen molar-refractivity contribution in [2.75, 3.05) is 6.61 Å². The lowest BCUT2D eigenvalue weighted by Gasteiger charge is -2.56. The summed E-state index contributed by atoms with van der Waals surface area (Å²) in [6, 6.07) is 5.78. The first-order valence-electron chi connectivity index (χ1n) is 10.2. The Morgan fingerprint density at radius 3 is 2.35 bits per heavy atom. The first kappa shape index (κ1) is 16.3. The zero-order valence-electron chi connectivity index (χ0n) is 15.3. The van der Waals surface area contributed by atoms with Crippen LogP contribution in [-0.2, 0) is 22.4 Å². The van der Waals surface area contributed by atoms with Crippen molar-refractivity contribution >= 4 is 11.9 Å². The SMILES string of the molecule is O=C(COC(=O)c1ccc2c(c1)CCC2)NC12CC3CC(CC(C3)C1)C2. The van der Waals surface area contributed by atoms with E-state index in [4.69, 9.17) is 4.74 Å². The maximum atomic E-state index is 12.5. The van der Waals surface area contributed by atoms with Crippen LogP contribution in [0.3, 0.4) is 0 Å². The van der Waals surface area contributed by atoms with E-state index in [0.717, 1.165) is 56.3 Å². The first-order chi connectivity index (χ1) is 12.6.